The summed E-state index contributed by atoms with van der Waals surface area (Å²) in [5.41, 5.74) is 0. The van der Waals surface area contributed by atoms with Gasteiger partial charge in [0.25, 0.3) is 0 Å². The fourth-order valence-corrected chi connectivity index (χ4v) is 7.77. The molecule has 0 aromatic carbocycles. The van der Waals surface area contributed by atoms with Gasteiger partial charge in [0, 0.05) is 6.92 Å². The van der Waals surface area contributed by atoms with E-state index in [0.29, 0.717) is 0 Å². The average Bonchev–Trinajstić information content (AvgIpc) is 3.08. The molecule has 0 radical (unpaired) electrons. The van der Waals surface area contributed by atoms with Gasteiger partial charge >= 0.3 is 37.2 Å². The lowest BCUT2D eigenvalue weighted by atomic mass is 9.95. The molecule has 0 spiro atoms. The predicted octanol–water partition coefficient (Wildman–Crippen LogP) is -7.98. The van der Waals surface area contributed by atoms with E-state index in [-0.39, 0.29) is 0 Å². The molecule has 33 heteroatoms. The molecule has 4 aliphatic heterocycles. The number of nitrogens with one attached hydrogen (secondary N) is 1. The topological polar surface area (TPSA) is 463 Å². The van der Waals surface area contributed by atoms with Crippen molar-refractivity contribution in [1.29, 1.82) is 0 Å². The summed E-state index contributed by atoms with van der Waals surface area (Å²) in [4.78, 5) is 24.1. The van der Waals surface area contributed by atoms with Gasteiger partial charge < -0.3 is 79.3 Å². The predicted molar refractivity (Wildman–Crippen MR) is 174 cm³/mol. The lowest BCUT2D eigenvalue weighted by Gasteiger charge is -2.49. The molecule has 4 rings (SSSR count). The van der Waals surface area contributed by atoms with Gasteiger partial charge in [0.2, 0.25) is 5.91 Å². The van der Waals surface area contributed by atoms with Gasteiger partial charge in [-0.1, -0.05) is 0 Å². The number of carboxylic acid groups (broad SMARTS) is 1. The van der Waals surface area contributed by atoms with E-state index in [4.69, 9.17) is 42.3 Å². The Balaban J connectivity index is 1.62. The fraction of sp³-hybridized carbons (Fsp3) is 0.923. The number of ether oxygens (including phenoxy) is 7. The van der Waals surface area contributed by atoms with Crippen molar-refractivity contribution >= 4 is 43.1 Å². The van der Waals surface area contributed by atoms with Gasteiger partial charge in [0.05, 0.1) is 18.8 Å². The highest BCUT2D eigenvalue weighted by molar-refractivity contribution is 7.81. The van der Waals surface area contributed by atoms with E-state index in [9.17, 15) is 80.2 Å². The molecule has 4 fully saturated rings. The Labute approximate surface area is 333 Å². The fourth-order valence-electron chi connectivity index (χ4n) is 6.45. The van der Waals surface area contributed by atoms with E-state index >= 15 is 0 Å². The molecule has 4 saturated heterocycles. The van der Waals surface area contributed by atoms with E-state index in [1.54, 1.807) is 0 Å². The molecule has 0 aromatic rings. The molecule has 1 amide bonds. The number of hydrogen-bond acceptors (Lipinski definition) is 25. The number of carbonyl (C=O) groups excluding carboxylic acids is 1. The molecule has 4 aliphatic rings. The van der Waals surface area contributed by atoms with Crippen molar-refractivity contribution in [3.63, 3.8) is 0 Å². The Morgan fingerprint density at radius 1 is 0.576 bits per heavy atom. The SMILES string of the molecule is CC(=O)N[C@@H]1[C@@H](O[C@@H]2O[C@H](C(=O)O)[C@@H](O)[C@H](O[C@@H]3O[C@@H](C)[C@@H](O[C@@H]4O[C@@H](C)[C@@H](O)[C@@H](OS(=O)(=O)O)[C@@H]4O)[C@@H](OS(=O)(=O)O)[C@@H]3O)[C@H]2O)[C@@H](O)[C@@H](COS(=O)(=O)O)O[C@H]1O. The minimum atomic E-state index is -5.57. The van der Waals surface area contributed by atoms with E-state index in [1.807, 2.05) is 0 Å². The maximum absolute atomic E-state index is 12.2. The first-order valence-electron chi connectivity index (χ1n) is 16.8. The van der Waals surface area contributed by atoms with Crippen LogP contribution in [0.5, 0.6) is 0 Å². The first kappa shape index (κ1) is 49.6. The number of amides is 1. The first-order valence-corrected chi connectivity index (χ1v) is 20.9. The Morgan fingerprint density at radius 2 is 1.05 bits per heavy atom. The zero-order valence-electron chi connectivity index (χ0n) is 30.2. The van der Waals surface area contributed by atoms with Crippen LogP contribution in [0.1, 0.15) is 20.8 Å². The number of hydrogen-bond donors (Lipinski definition) is 12. The third-order valence-corrected chi connectivity index (χ3v) is 10.5. The summed E-state index contributed by atoms with van der Waals surface area (Å²) < 4.78 is 147. The Hall–Kier alpha value is -2.01. The van der Waals surface area contributed by atoms with Crippen LogP contribution >= 0.6 is 0 Å². The zero-order valence-corrected chi connectivity index (χ0v) is 32.7. The van der Waals surface area contributed by atoms with E-state index in [2.05, 4.69) is 17.9 Å². The Kier molecular flexibility index (Phi) is 16.1. The third kappa shape index (κ3) is 12.6. The minimum Gasteiger partial charge on any atom is -0.479 e. The monoisotopic (exact) mass is 929 g/mol. The summed E-state index contributed by atoms with van der Waals surface area (Å²) in [6, 6.07) is -1.80. The molecule has 0 unspecified atom stereocenters. The van der Waals surface area contributed by atoms with Gasteiger partial charge in [0.15, 0.2) is 31.3 Å². The van der Waals surface area contributed by atoms with Crippen LogP contribution in [0.25, 0.3) is 0 Å². The van der Waals surface area contributed by atoms with Gasteiger partial charge in [-0.15, -0.1) is 0 Å². The van der Waals surface area contributed by atoms with Crippen molar-refractivity contribution in [2.45, 2.75) is 144 Å². The second kappa shape index (κ2) is 19.2. The summed E-state index contributed by atoms with van der Waals surface area (Å²) >= 11 is 0. The molecule has 59 heavy (non-hydrogen) atoms. The van der Waals surface area contributed by atoms with Crippen molar-refractivity contribution < 1.29 is 135 Å². The third-order valence-electron chi connectivity index (χ3n) is 9.10. The van der Waals surface area contributed by atoms with Crippen molar-refractivity contribution in [3.05, 3.63) is 0 Å². The molecular weight excluding hydrogens is 886 g/mol. The number of carbonyl (C=O) groups is 2. The molecule has 30 nitrogen and oxygen atoms in total. The molecule has 12 N–H and O–H groups in total. The highest BCUT2D eigenvalue weighted by Crippen LogP contribution is 2.36. The molecule has 0 bridgehead atoms. The van der Waals surface area contributed by atoms with Gasteiger partial charge in [-0.25, -0.2) is 17.3 Å². The number of carboxylic acids is 1. The molecule has 20 atom stereocenters. The number of aliphatic hydroxyl groups excluding tert-OH is 7. The van der Waals surface area contributed by atoms with E-state index in [1.165, 1.54) is 0 Å². The highest BCUT2D eigenvalue weighted by Gasteiger charge is 2.57. The van der Waals surface area contributed by atoms with Gasteiger partial charge in [-0.05, 0) is 13.8 Å². The van der Waals surface area contributed by atoms with Gasteiger partial charge in [0.1, 0.15) is 79.3 Å². The van der Waals surface area contributed by atoms with Crippen LogP contribution in [0.2, 0.25) is 0 Å². The number of rotatable bonds is 15. The van der Waals surface area contributed by atoms with E-state index < -0.39 is 172 Å². The lowest BCUT2D eigenvalue weighted by Crippen LogP contribution is -2.69. The van der Waals surface area contributed by atoms with Crippen molar-refractivity contribution in [2.75, 3.05) is 6.61 Å². The molecule has 0 aromatic heterocycles. The standard InChI is InChI=1S/C26H43NO29S3/c1-5-10(29)19(55-58(41,42)43)14(33)24(48-5)51-16-6(2)49-25(15(34)20(16)56-59(44,45)46)53-18-12(31)21(22(35)36)54-26(13(18)32)52-17-9(27-7(3)28)23(37)50-8(11(17)30)4-47-57(38,39)40/h5-6,8-21,23-26,29-34,37H,4H2,1-3H3,(H,27,28)(H,35,36)(H,38,39,40)(H,41,42,43)(H,44,45,46)/t5-,6-,8+,9+,10+,11-,12-,13+,14-,15-,16+,17+,18-,19+,20-,21-,23+,24-,25-,26+/m0/s1. The molecule has 0 saturated carbocycles. The minimum absolute atomic E-state index is 0.888. The highest BCUT2D eigenvalue weighted by atomic mass is 32.3. The Bertz CT molecular complexity index is 1800. The number of aliphatic carboxylic acids is 1. The van der Waals surface area contributed by atoms with Crippen molar-refractivity contribution in [3.8, 4) is 0 Å². The quantitative estimate of drug-likeness (QED) is 0.0679. The number of aliphatic hydroxyl groups is 7. The van der Waals surface area contributed by atoms with Crippen LogP contribution in [0, 0.1) is 0 Å². The summed E-state index contributed by atoms with van der Waals surface area (Å²) in [5, 5.41) is 88.1. The first-order chi connectivity index (χ1) is 27.0. The normalized spacial score (nSPS) is 43.8. The Morgan fingerprint density at radius 3 is 1.58 bits per heavy atom. The average molecular weight is 930 g/mol. The summed E-state index contributed by atoms with van der Waals surface area (Å²) in [5.74, 6) is -2.85. The van der Waals surface area contributed by atoms with Crippen LogP contribution in [0.3, 0.4) is 0 Å². The summed E-state index contributed by atoms with van der Waals surface area (Å²) in [6.07, 6.45) is -41.0. The molecule has 344 valence electrons. The second-order valence-corrected chi connectivity index (χ2v) is 16.6. The lowest BCUT2D eigenvalue weighted by molar-refractivity contribution is -0.377. The van der Waals surface area contributed by atoms with Crippen LogP contribution in [-0.4, -0.2) is 221 Å². The molecule has 0 aliphatic carbocycles. The summed E-state index contributed by atoms with van der Waals surface area (Å²) in [7, 11) is -16.1. The molecular formula is C26H43NO29S3. The van der Waals surface area contributed by atoms with E-state index in [0.717, 1.165) is 20.8 Å². The van der Waals surface area contributed by atoms with Crippen molar-refractivity contribution in [1.82, 2.24) is 5.32 Å². The maximum Gasteiger partial charge on any atom is 0.397 e. The van der Waals surface area contributed by atoms with Gasteiger partial charge in [-0.2, -0.15) is 25.3 Å². The van der Waals surface area contributed by atoms with Crippen molar-refractivity contribution in [2.24, 2.45) is 0 Å². The summed E-state index contributed by atoms with van der Waals surface area (Å²) in [6.45, 7) is 1.95. The second-order valence-electron chi connectivity index (χ2n) is 13.4. The van der Waals surface area contributed by atoms with Crippen LogP contribution < -0.4 is 5.32 Å². The maximum atomic E-state index is 12.2. The largest absolute Gasteiger partial charge is 0.479 e. The molecule has 4 heterocycles. The van der Waals surface area contributed by atoms with Crippen LogP contribution in [0.15, 0.2) is 0 Å². The van der Waals surface area contributed by atoms with Gasteiger partial charge in [-0.3, -0.25) is 18.5 Å². The smallest absolute Gasteiger partial charge is 0.397 e. The zero-order chi connectivity index (χ0) is 44.7. The van der Waals surface area contributed by atoms with Crippen LogP contribution in [0.4, 0.5) is 0 Å². The van der Waals surface area contributed by atoms with Crippen LogP contribution in [-0.2, 0) is 86.5 Å².